The molecule has 1 aromatic heterocycles. The molecule has 0 spiro atoms. The molecular weight excluding hydrogens is 382 g/mol. The molecule has 0 unspecified atom stereocenters. The quantitative estimate of drug-likeness (QED) is 0.605. The summed E-state index contributed by atoms with van der Waals surface area (Å²) in [5.74, 6) is 2.04. The van der Waals surface area contributed by atoms with Gasteiger partial charge in [-0.25, -0.2) is 0 Å². The zero-order valence-corrected chi connectivity index (χ0v) is 15.8. The zero-order valence-electron chi connectivity index (χ0n) is 15.0. The Morgan fingerprint density at radius 2 is 2.04 bits per heavy atom. The Balaban J connectivity index is 1.37. The third-order valence-electron chi connectivity index (χ3n) is 3.82. The van der Waals surface area contributed by atoms with Crippen LogP contribution in [0.25, 0.3) is 5.69 Å². The van der Waals surface area contributed by atoms with E-state index >= 15 is 0 Å². The Labute approximate surface area is 165 Å². The van der Waals surface area contributed by atoms with E-state index in [1.165, 1.54) is 11.8 Å². The van der Waals surface area contributed by atoms with Crippen LogP contribution < -0.4 is 19.5 Å². The van der Waals surface area contributed by atoms with Crippen molar-refractivity contribution < 1.29 is 19.0 Å². The number of aromatic nitrogens is 4. The lowest BCUT2D eigenvalue weighted by Crippen LogP contribution is -2.14. The van der Waals surface area contributed by atoms with Gasteiger partial charge in [0.05, 0.1) is 18.0 Å². The van der Waals surface area contributed by atoms with Gasteiger partial charge in [-0.2, -0.15) is 4.68 Å². The first-order valence-corrected chi connectivity index (χ1v) is 9.55. The van der Waals surface area contributed by atoms with Gasteiger partial charge in [0.2, 0.25) is 17.9 Å². The predicted octanol–water partition coefficient (Wildman–Crippen LogP) is 2.52. The molecule has 1 N–H and O–H groups in total. The van der Waals surface area contributed by atoms with E-state index in [9.17, 15) is 4.79 Å². The van der Waals surface area contributed by atoms with Crippen LogP contribution in [0.1, 0.15) is 6.92 Å². The molecule has 1 aliphatic rings. The first-order valence-electron chi connectivity index (χ1n) is 8.57. The lowest BCUT2D eigenvalue weighted by Gasteiger charge is -2.07. The maximum Gasteiger partial charge on any atom is 0.234 e. The highest BCUT2D eigenvalue weighted by Crippen LogP contribution is 2.34. The fourth-order valence-corrected chi connectivity index (χ4v) is 3.27. The second kappa shape index (κ2) is 8.17. The maximum atomic E-state index is 12.3. The molecule has 2 aromatic carbocycles. The molecule has 10 heteroatoms. The monoisotopic (exact) mass is 399 g/mol. The second-order valence-electron chi connectivity index (χ2n) is 5.71. The number of carbonyl (C=O) groups excluding carboxylic acids is 1. The van der Waals surface area contributed by atoms with Crippen molar-refractivity contribution >= 4 is 23.4 Å². The third-order valence-corrected chi connectivity index (χ3v) is 4.74. The predicted molar refractivity (Wildman–Crippen MR) is 102 cm³/mol. The van der Waals surface area contributed by atoms with Crippen LogP contribution in [0.4, 0.5) is 5.69 Å². The van der Waals surface area contributed by atoms with E-state index in [0.717, 1.165) is 11.4 Å². The molecule has 0 atom stereocenters. The van der Waals surface area contributed by atoms with Gasteiger partial charge >= 0.3 is 0 Å². The number of nitrogens with one attached hydrogen (secondary N) is 1. The van der Waals surface area contributed by atoms with Crippen LogP contribution in [-0.2, 0) is 4.79 Å². The Kier molecular flexibility index (Phi) is 5.29. The zero-order chi connectivity index (χ0) is 19.3. The molecule has 4 rings (SSSR count). The van der Waals surface area contributed by atoms with E-state index in [1.807, 2.05) is 31.2 Å². The van der Waals surface area contributed by atoms with Crippen molar-refractivity contribution in [1.29, 1.82) is 0 Å². The minimum atomic E-state index is -0.176. The molecule has 28 heavy (non-hydrogen) atoms. The molecule has 0 saturated carbocycles. The topological polar surface area (TPSA) is 100 Å². The highest BCUT2D eigenvalue weighted by molar-refractivity contribution is 7.99. The molecule has 0 saturated heterocycles. The minimum absolute atomic E-state index is 0.159. The van der Waals surface area contributed by atoms with Crippen LogP contribution in [-0.4, -0.2) is 45.3 Å². The second-order valence-corrected chi connectivity index (χ2v) is 6.65. The van der Waals surface area contributed by atoms with E-state index < -0.39 is 0 Å². The van der Waals surface area contributed by atoms with Crippen LogP contribution in [0, 0.1) is 0 Å². The largest absolute Gasteiger partial charge is 0.494 e. The van der Waals surface area contributed by atoms with Crippen LogP contribution in [0.3, 0.4) is 0 Å². The fourth-order valence-electron chi connectivity index (χ4n) is 2.58. The van der Waals surface area contributed by atoms with Crippen molar-refractivity contribution in [2.75, 3.05) is 24.5 Å². The Bertz CT molecular complexity index is 976. The maximum absolute atomic E-state index is 12.3. The van der Waals surface area contributed by atoms with Crippen LogP contribution >= 0.6 is 11.8 Å². The van der Waals surface area contributed by atoms with Crippen molar-refractivity contribution in [2.24, 2.45) is 0 Å². The molecule has 0 radical (unpaired) electrons. The van der Waals surface area contributed by atoms with Crippen LogP contribution in [0.15, 0.2) is 47.6 Å². The smallest absolute Gasteiger partial charge is 0.234 e. The number of nitrogens with zero attached hydrogens (tertiary/aromatic N) is 4. The normalized spacial score (nSPS) is 12.0. The van der Waals surface area contributed by atoms with Crippen molar-refractivity contribution in [3.63, 3.8) is 0 Å². The standard InChI is InChI=1S/C18H17N5O4S/c1-2-25-14-6-4-13(5-7-14)23-18(20-21-22-23)28-10-17(24)19-12-3-8-15-16(9-12)27-11-26-15/h3-9H,2,10-11H2,1H3,(H,19,24). The molecule has 0 aliphatic carbocycles. The van der Waals surface area contributed by atoms with Crippen molar-refractivity contribution in [2.45, 2.75) is 12.1 Å². The number of fused-ring (bicyclic) bond motifs is 1. The van der Waals surface area contributed by atoms with E-state index in [4.69, 9.17) is 14.2 Å². The van der Waals surface area contributed by atoms with E-state index in [-0.39, 0.29) is 18.5 Å². The number of amides is 1. The average molecular weight is 399 g/mol. The highest BCUT2D eigenvalue weighted by atomic mass is 32.2. The lowest BCUT2D eigenvalue weighted by atomic mass is 10.3. The number of benzene rings is 2. The summed E-state index contributed by atoms with van der Waals surface area (Å²) in [6.07, 6.45) is 0. The first kappa shape index (κ1) is 18.1. The summed E-state index contributed by atoms with van der Waals surface area (Å²) in [6, 6.07) is 12.7. The summed E-state index contributed by atoms with van der Waals surface area (Å²) in [4.78, 5) is 12.3. The minimum Gasteiger partial charge on any atom is -0.494 e. The van der Waals surface area contributed by atoms with Crippen LogP contribution in [0.5, 0.6) is 17.2 Å². The third kappa shape index (κ3) is 4.01. The van der Waals surface area contributed by atoms with Crippen molar-refractivity contribution in [1.82, 2.24) is 20.2 Å². The molecule has 9 nitrogen and oxygen atoms in total. The van der Waals surface area contributed by atoms with Gasteiger partial charge in [-0.15, -0.1) is 5.10 Å². The molecule has 144 valence electrons. The number of ether oxygens (including phenoxy) is 3. The summed E-state index contributed by atoms with van der Waals surface area (Å²) in [6.45, 7) is 2.72. The van der Waals surface area contributed by atoms with Gasteiger partial charge in [-0.3, -0.25) is 4.79 Å². The van der Waals surface area contributed by atoms with Gasteiger partial charge < -0.3 is 19.5 Å². The summed E-state index contributed by atoms with van der Waals surface area (Å²) in [5.41, 5.74) is 1.42. The number of anilines is 1. The van der Waals surface area contributed by atoms with Gasteiger partial charge in [0.15, 0.2) is 11.5 Å². The van der Waals surface area contributed by atoms with Gasteiger partial charge in [-0.05, 0) is 53.7 Å². The Hall–Kier alpha value is -3.27. The van der Waals surface area contributed by atoms with Crippen molar-refractivity contribution in [3.05, 3.63) is 42.5 Å². The van der Waals surface area contributed by atoms with Gasteiger partial charge in [0.1, 0.15) is 5.75 Å². The number of hydrogen-bond donors (Lipinski definition) is 1. The summed E-state index contributed by atoms with van der Waals surface area (Å²) >= 11 is 1.24. The summed E-state index contributed by atoms with van der Waals surface area (Å²) in [5, 5.41) is 15.0. The van der Waals surface area contributed by atoms with Crippen molar-refractivity contribution in [3.8, 4) is 22.9 Å². The molecule has 0 bridgehead atoms. The lowest BCUT2D eigenvalue weighted by molar-refractivity contribution is -0.113. The Morgan fingerprint density at radius 3 is 2.86 bits per heavy atom. The fraction of sp³-hybridized carbons (Fsp3) is 0.222. The number of rotatable bonds is 7. The van der Waals surface area contributed by atoms with Gasteiger partial charge in [0.25, 0.3) is 0 Å². The summed E-state index contributed by atoms with van der Waals surface area (Å²) < 4.78 is 17.6. The molecule has 1 aliphatic heterocycles. The molecule has 2 heterocycles. The number of hydrogen-bond acceptors (Lipinski definition) is 8. The SMILES string of the molecule is CCOc1ccc(-n2nnnc2SCC(=O)Nc2ccc3c(c2)OCO3)cc1. The number of thioether (sulfide) groups is 1. The highest BCUT2D eigenvalue weighted by Gasteiger charge is 2.15. The number of tetrazole rings is 1. The van der Waals surface area contributed by atoms with Crippen LogP contribution in [0.2, 0.25) is 0 Å². The molecule has 3 aromatic rings. The first-order chi connectivity index (χ1) is 13.7. The van der Waals surface area contributed by atoms with Gasteiger partial charge in [-0.1, -0.05) is 11.8 Å². The summed E-state index contributed by atoms with van der Waals surface area (Å²) in [7, 11) is 0. The molecule has 0 fully saturated rings. The van der Waals surface area contributed by atoms with Gasteiger partial charge in [0, 0.05) is 11.8 Å². The van der Waals surface area contributed by atoms with E-state index in [0.29, 0.717) is 28.9 Å². The van der Waals surface area contributed by atoms with E-state index in [2.05, 4.69) is 20.8 Å². The Morgan fingerprint density at radius 1 is 1.21 bits per heavy atom. The average Bonchev–Trinajstić information content (AvgIpc) is 3.36. The number of carbonyl (C=O) groups is 1. The van der Waals surface area contributed by atoms with E-state index in [1.54, 1.807) is 22.9 Å². The molecule has 1 amide bonds. The molecular formula is C18H17N5O4S.